The van der Waals surface area contributed by atoms with E-state index in [0.29, 0.717) is 19.3 Å². The molecule has 0 rings (SSSR count). The molecule has 6 heteroatoms. The minimum atomic E-state index is -0.786. The summed E-state index contributed by atoms with van der Waals surface area (Å²) in [7, 11) is 0. The zero-order valence-electron chi connectivity index (χ0n) is 43.0. The maximum Gasteiger partial charge on any atom is 0.306 e. The molecule has 0 aliphatic carbocycles. The predicted octanol–water partition coefficient (Wildman–Crippen LogP) is 18.4. The average molecular weight is 909 g/mol. The molecule has 0 aromatic rings. The van der Waals surface area contributed by atoms with E-state index >= 15 is 0 Å². The van der Waals surface area contributed by atoms with Gasteiger partial charge in [0.15, 0.2) is 6.10 Å². The van der Waals surface area contributed by atoms with Crippen LogP contribution in [0.5, 0.6) is 0 Å². The summed E-state index contributed by atoms with van der Waals surface area (Å²) in [5.74, 6) is -0.907. The van der Waals surface area contributed by atoms with Crippen LogP contribution < -0.4 is 0 Å². The molecule has 0 amide bonds. The highest BCUT2D eigenvalue weighted by molar-refractivity contribution is 5.71. The summed E-state index contributed by atoms with van der Waals surface area (Å²) in [5.41, 5.74) is 0. The van der Waals surface area contributed by atoms with Gasteiger partial charge in [-0.05, 0) is 70.6 Å². The van der Waals surface area contributed by atoms with E-state index in [4.69, 9.17) is 14.2 Å². The molecule has 65 heavy (non-hydrogen) atoms. The molecule has 0 radical (unpaired) electrons. The zero-order valence-corrected chi connectivity index (χ0v) is 43.0. The first kappa shape index (κ1) is 62.1. The lowest BCUT2D eigenvalue weighted by molar-refractivity contribution is -0.167. The van der Waals surface area contributed by atoms with Gasteiger partial charge in [-0.15, -0.1) is 0 Å². The Kier molecular flexibility index (Phi) is 51.3. The number of hydrogen-bond donors (Lipinski definition) is 0. The Morgan fingerprint density at radius 1 is 0.308 bits per heavy atom. The number of ether oxygens (including phenoxy) is 3. The highest BCUT2D eigenvalue weighted by Crippen LogP contribution is 2.15. The van der Waals surface area contributed by atoms with Gasteiger partial charge in [0.2, 0.25) is 0 Å². The summed E-state index contributed by atoms with van der Waals surface area (Å²) < 4.78 is 16.8. The van der Waals surface area contributed by atoms with Crippen LogP contribution in [0.1, 0.15) is 278 Å². The third-order valence-electron chi connectivity index (χ3n) is 12.1. The van der Waals surface area contributed by atoms with Gasteiger partial charge >= 0.3 is 17.9 Å². The lowest BCUT2D eigenvalue weighted by Gasteiger charge is -2.18. The van der Waals surface area contributed by atoms with Crippen molar-refractivity contribution in [1.82, 2.24) is 0 Å². The van der Waals surface area contributed by atoms with Gasteiger partial charge in [-0.2, -0.15) is 0 Å². The third kappa shape index (κ3) is 51.9. The second kappa shape index (κ2) is 53.7. The fraction of sp³-hybridized carbons (Fsp3) is 0.780. The van der Waals surface area contributed by atoms with Gasteiger partial charge in [-0.3, -0.25) is 14.4 Å². The topological polar surface area (TPSA) is 78.9 Å². The molecule has 0 saturated carbocycles. The molecule has 0 fully saturated rings. The summed E-state index contributed by atoms with van der Waals surface area (Å²) in [6, 6.07) is 0. The summed E-state index contributed by atoms with van der Waals surface area (Å²) in [6.45, 7) is 6.59. The summed E-state index contributed by atoms with van der Waals surface area (Å²) in [6.07, 6.45) is 66.3. The minimum absolute atomic E-state index is 0.0833. The van der Waals surface area contributed by atoms with Crippen molar-refractivity contribution in [2.24, 2.45) is 0 Å². The van der Waals surface area contributed by atoms with Gasteiger partial charge < -0.3 is 14.2 Å². The van der Waals surface area contributed by atoms with Crippen LogP contribution in [0.25, 0.3) is 0 Å². The van der Waals surface area contributed by atoms with E-state index in [2.05, 4.69) is 81.5 Å². The average Bonchev–Trinajstić information content (AvgIpc) is 3.30. The van der Waals surface area contributed by atoms with Crippen molar-refractivity contribution in [3.63, 3.8) is 0 Å². The molecule has 0 saturated heterocycles. The molecule has 0 aliphatic rings. The Hall–Kier alpha value is -2.89. The van der Waals surface area contributed by atoms with Crippen LogP contribution in [0.4, 0.5) is 0 Å². The third-order valence-corrected chi connectivity index (χ3v) is 12.1. The van der Waals surface area contributed by atoms with Crippen LogP contribution in [0.3, 0.4) is 0 Å². The van der Waals surface area contributed by atoms with Gasteiger partial charge in [0.1, 0.15) is 13.2 Å². The number of hydrogen-bond acceptors (Lipinski definition) is 6. The second-order valence-electron chi connectivity index (χ2n) is 18.6. The molecular weight excluding hydrogens is 805 g/mol. The normalized spacial score (nSPS) is 12.5. The van der Waals surface area contributed by atoms with Crippen molar-refractivity contribution in [3.05, 3.63) is 60.8 Å². The molecule has 6 nitrogen and oxygen atoms in total. The number of carbonyl (C=O) groups excluding carboxylic acids is 3. The Morgan fingerprint density at radius 2 is 0.569 bits per heavy atom. The maximum absolute atomic E-state index is 12.8. The monoisotopic (exact) mass is 909 g/mol. The molecule has 0 aromatic carbocycles. The van der Waals surface area contributed by atoms with E-state index < -0.39 is 6.10 Å². The van der Waals surface area contributed by atoms with Crippen LogP contribution in [-0.2, 0) is 28.6 Å². The van der Waals surface area contributed by atoms with Crippen LogP contribution in [0.15, 0.2) is 60.8 Å². The first-order valence-electron chi connectivity index (χ1n) is 27.8. The van der Waals surface area contributed by atoms with Gasteiger partial charge in [0.05, 0.1) is 0 Å². The number of esters is 3. The standard InChI is InChI=1S/C59H104O6/c1-4-7-10-13-16-19-22-24-26-28-30-32-34-37-40-43-46-49-52-58(61)64-55-56(54-63-57(60)51-48-45-42-39-36-21-18-15-12-9-6-3)65-59(62)53-50-47-44-41-38-35-33-31-29-27-25-23-20-17-14-11-8-5-2/h16,19,22,24,26,28,30-33,56H,4-15,17-18,20-21,23,25,27,29,34-55H2,1-3H3/b19-16-,24-22-,28-26-,32-30-,33-31-. The molecule has 1 atom stereocenters. The maximum atomic E-state index is 12.8. The summed E-state index contributed by atoms with van der Waals surface area (Å²) >= 11 is 0. The summed E-state index contributed by atoms with van der Waals surface area (Å²) in [4.78, 5) is 38.0. The first-order valence-corrected chi connectivity index (χ1v) is 27.8. The van der Waals surface area contributed by atoms with Crippen molar-refractivity contribution in [2.45, 2.75) is 284 Å². The van der Waals surface area contributed by atoms with Crippen LogP contribution >= 0.6 is 0 Å². The van der Waals surface area contributed by atoms with Gasteiger partial charge in [-0.25, -0.2) is 0 Å². The zero-order chi connectivity index (χ0) is 47.2. The van der Waals surface area contributed by atoms with Gasteiger partial charge in [0.25, 0.3) is 0 Å². The molecule has 0 heterocycles. The fourth-order valence-electron chi connectivity index (χ4n) is 7.86. The van der Waals surface area contributed by atoms with Crippen molar-refractivity contribution in [3.8, 4) is 0 Å². The molecule has 1 unspecified atom stereocenters. The molecule has 0 aromatic heterocycles. The molecular formula is C59H104O6. The Bertz CT molecular complexity index is 1180. The Labute approximate surface area is 402 Å². The SMILES string of the molecule is CCCCC\C=C/C=C\C=C/C=C\CCCCCCCC(=O)OCC(COC(=O)CCCCCCCCCCCCC)OC(=O)CCCCCCC/C=C\CCCCCCCCCCC. The number of unbranched alkanes of at least 4 members (excludes halogenated alkanes) is 32. The van der Waals surface area contributed by atoms with Crippen LogP contribution in [0, 0.1) is 0 Å². The fourth-order valence-corrected chi connectivity index (χ4v) is 7.86. The van der Waals surface area contributed by atoms with E-state index in [1.54, 1.807) is 0 Å². The minimum Gasteiger partial charge on any atom is -0.462 e. The van der Waals surface area contributed by atoms with E-state index in [-0.39, 0.29) is 31.1 Å². The van der Waals surface area contributed by atoms with E-state index in [9.17, 15) is 14.4 Å². The van der Waals surface area contributed by atoms with Crippen molar-refractivity contribution < 1.29 is 28.6 Å². The number of carbonyl (C=O) groups is 3. The highest BCUT2D eigenvalue weighted by atomic mass is 16.6. The Balaban J connectivity index is 4.40. The first-order chi connectivity index (χ1) is 32.0. The molecule has 0 N–H and O–H groups in total. The number of rotatable bonds is 50. The van der Waals surface area contributed by atoms with Crippen molar-refractivity contribution >= 4 is 17.9 Å². The van der Waals surface area contributed by atoms with E-state index in [1.807, 2.05) is 0 Å². The van der Waals surface area contributed by atoms with Crippen LogP contribution in [0.2, 0.25) is 0 Å². The van der Waals surface area contributed by atoms with E-state index in [0.717, 1.165) is 96.3 Å². The number of allylic oxidation sites excluding steroid dienone is 10. The van der Waals surface area contributed by atoms with Gasteiger partial charge in [-0.1, -0.05) is 248 Å². The summed E-state index contributed by atoms with van der Waals surface area (Å²) in [5, 5.41) is 0. The quantitative estimate of drug-likeness (QED) is 0.0199. The lowest BCUT2D eigenvalue weighted by atomic mass is 10.1. The lowest BCUT2D eigenvalue weighted by Crippen LogP contribution is -2.30. The highest BCUT2D eigenvalue weighted by Gasteiger charge is 2.19. The van der Waals surface area contributed by atoms with Crippen molar-refractivity contribution in [1.29, 1.82) is 0 Å². The molecule has 0 bridgehead atoms. The largest absolute Gasteiger partial charge is 0.462 e. The van der Waals surface area contributed by atoms with Gasteiger partial charge in [0, 0.05) is 19.3 Å². The predicted molar refractivity (Wildman–Crippen MR) is 279 cm³/mol. The second-order valence-corrected chi connectivity index (χ2v) is 18.6. The van der Waals surface area contributed by atoms with Crippen LogP contribution in [-0.4, -0.2) is 37.2 Å². The smallest absolute Gasteiger partial charge is 0.306 e. The Morgan fingerprint density at radius 3 is 0.938 bits per heavy atom. The molecule has 0 aliphatic heterocycles. The molecule has 376 valence electrons. The van der Waals surface area contributed by atoms with Crippen molar-refractivity contribution in [2.75, 3.05) is 13.2 Å². The molecule has 0 spiro atoms. The van der Waals surface area contributed by atoms with E-state index in [1.165, 1.54) is 141 Å².